The molecule has 0 spiro atoms. The molecule has 0 aromatic carbocycles. The molecule has 0 aliphatic rings. The van der Waals surface area contributed by atoms with Gasteiger partial charge in [-0.15, -0.1) is 0 Å². The molecular weight excluding hydrogens is 184 g/mol. The predicted octanol–water partition coefficient (Wildman–Crippen LogP) is 4.76. The Morgan fingerprint density at radius 1 is 0.733 bits per heavy atom. The van der Waals surface area contributed by atoms with Gasteiger partial charge >= 0.3 is 0 Å². The molecule has 0 saturated carbocycles. The van der Waals surface area contributed by atoms with Crippen molar-refractivity contribution in [2.75, 3.05) is 13.2 Å². The summed E-state index contributed by atoms with van der Waals surface area (Å²) >= 11 is 0. The van der Waals surface area contributed by atoms with Gasteiger partial charge in [0.15, 0.2) is 0 Å². The molecule has 91 valence electrons. The van der Waals surface area contributed by atoms with Crippen LogP contribution in [0.1, 0.15) is 71.1 Å². The molecule has 0 bridgehead atoms. The summed E-state index contributed by atoms with van der Waals surface area (Å²) in [6.07, 6.45) is 13.0. The number of unbranched alkanes of at least 4 members (excludes halogenated alkanes) is 8. The van der Waals surface area contributed by atoms with Crippen LogP contribution in [-0.4, -0.2) is 13.2 Å². The van der Waals surface area contributed by atoms with Crippen LogP contribution in [0.5, 0.6) is 0 Å². The lowest BCUT2D eigenvalue weighted by Crippen LogP contribution is -1.96. The average Bonchev–Trinajstić information content (AvgIpc) is 2.26. The fraction of sp³-hybridized carbons (Fsp3) is 0.929. The largest absolute Gasteiger partial charge is 0.381 e. The van der Waals surface area contributed by atoms with Crippen molar-refractivity contribution in [2.24, 2.45) is 0 Å². The standard InChI is InChI=1S/C14H29O/c1-3-5-7-8-9-10-12-14-15-13-11-6-4-2/h2-14H2,1H3. The number of ether oxygens (including phenoxy) is 1. The van der Waals surface area contributed by atoms with E-state index in [-0.39, 0.29) is 0 Å². The van der Waals surface area contributed by atoms with Gasteiger partial charge in [0.25, 0.3) is 0 Å². The van der Waals surface area contributed by atoms with Gasteiger partial charge in [-0.1, -0.05) is 65.2 Å². The molecule has 0 aliphatic heterocycles. The molecule has 0 amide bonds. The highest BCUT2D eigenvalue weighted by Crippen LogP contribution is 2.06. The van der Waals surface area contributed by atoms with E-state index in [1.54, 1.807) is 0 Å². The van der Waals surface area contributed by atoms with E-state index in [9.17, 15) is 0 Å². The zero-order chi connectivity index (χ0) is 11.2. The first kappa shape index (κ1) is 15.0. The molecule has 0 fully saturated rings. The second-order valence-electron chi connectivity index (χ2n) is 4.29. The summed E-state index contributed by atoms with van der Waals surface area (Å²) in [4.78, 5) is 0. The minimum Gasteiger partial charge on any atom is -0.381 e. The van der Waals surface area contributed by atoms with Gasteiger partial charge in [0.2, 0.25) is 0 Å². The van der Waals surface area contributed by atoms with Gasteiger partial charge in [0.05, 0.1) is 0 Å². The van der Waals surface area contributed by atoms with Crippen molar-refractivity contribution in [1.82, 2.24) is 0 Å². The van der Waals surface area contributed by atoms with Crippen molar-refractivity contribution in [2.45, 2.75) is 71.1 Å². The lowest BCUT2D eigenvalue weighted by molar-refractivity contribution is 0.126. The molecule has 1 radical (unpaired) electrons. The Bertz CT molecular complexity index is 89.5. The molecule has 0 rings (SSSR count). The van der Waals surface area contributed by atoms with Crippen LogP contribution in [0.25, 0.3) is 0 Å². The maximum Gasteiger partial charge on any atom is 0.0466 e. The van der Waals surface area contributed by atoms with Crippen LogP contribution in [0.3, 0.4) is 0 Å². The Morgan fingerprint density at radius 2 is 1.27 bits per heavy atom. The number of hydrogen-bond donors (Lipinski definition) is 0. The molecule has 0 atom stereocenters. The van der Waals surface area contributed by atoms with E-state index in [1.165, 1.54) is 57.8 Å². The molecule has 1 heteroatoms. The van der Waals surface area contributed by atoms with Gasteiger partial charge in [-0.25, -0.2) is 0 Å². The minimum absolute atomic E-state index is 0.936. The normalized spacial score (nSPS) is 10.8. The zero-order valence-electron chi connectivity index (χ0n) is 10.6. The lowest BCUT2D eigenvalue weighted by Gasteiger charge is -2.03. The fourth-order valence-corrected chi connectivity index (χ4v) is 1.64. The maximum atomic E-state index is 5.54. The number of hydrogen-bond acceptors (Lipinski definition) is 1. The smallest absolute Gasteiger partial charge is 0.0466 e. The van der Waals surface area contributed by atoms with Crippen LogP contribution in [0.15, 0.2) is 0 Å². The zero-order valence-corrected chi connectivity index (χ0v) is 10.6. The van der Waals surface area contributed by atoms with Crippen LogP contribution in [0.2, 0.25) is 0 Å². The van der Waals surface area contributed by atoms with E-state index in [4.69, 9.17) is 4.74 Å². The summed E-state index contributed by atoms with van der Waals surface area (Å²) in [5, 5.41) is 0. The van der Waals surface area contributed by atoms with Crippen LogP contribution < -0.4 is 0 Å². The van der Waals surface area contributed by atoms with Gasteiger partial charge in [0, 0.05) is 13.2 Å². The second kappa shape index (κ2) is 14.0. The van der Waals surface area contributed by atoms with Crippen molar-refractivity contribution < 1.29 is 4.74 Å². The molecule has 1 nitrogen and oxygen atoms in total. The number of rotatable bonds is 12. The Kier molecular flexibility index (Phi) is 13.9. The minimum atomic E-state index is 0.936. The summed E-state index contributed by atoms with van der Waals surface area (Å²) < 4.78 is 5.54. The van der Waals surface area contributed by atoms with Crippen molar-refractivity contribution in [3.8, 4) is 0 Å². The average molecular weight is 213 g/mol. The molecule has 0 saturated heterocycles. The Balaban J connectivity index is 2.81. The van der Waals surface area contributed by atoms with E-state index in [2.05, 4.69) is 13.8 Å². The van der Waals surface area contributed by atoms with Crippen molar-refractivity contribution in [3.63, 3.8) is 0 Å². The van der Waals surface area contributed by atoms with Crippen LogP contribution >= 0.6 is 0 Å². The fourth-order valence-electron chi connectivity index (χ4n) is 1.64. The van der Waals surface area contributed by atoms with Crippen LogP contribution in [0, 0.1) is 6.92 Å². The maximum absolute atomic E-state index is 5.54. The predicted molar refractivity (Wildman–Crippen MR) is 68.0 cm³/mol. The summed E-state index contributed by atoms with van der Waals surface area (Å²) in [5.74, 6) is 0. The van der Waals surface area contributed by atoms with Gasteiger partial charge in [-0.3, -0.25) is 0 Å². The first-order valence-electron chi connectivity index (χ1n) is 6.78. The molecule has 0 unspecified atom stereocenters. The third-order valence-corrected chi connectivity index (χ3v) is 2.68. The summed E-state index contributed by atoms with van der Waals surface area (Å²) in [6.45, 7) is 7.98. The summed E-state index contributed by atoms with van der Waals surface area (Å²) in [7, 11) is 0. The van der Waals surface area contributed by atoms with Gasteiger partial charge in [0.1, 0.15) is 0 Å². The Morgan fingerprint density at radius 3 is 1.87 bits per heavy atom. The van der Waals surface area contributed by atoms with E-state index in [0.29, 0.717) is 0 Å². The summed E-state index contributed by atoms with van der Waals surface area (Å²) in [6, 6.07) is 0. The topological polar surface area (TPSA) is 9.23 Å². The van der Waals surface area contributed by atoms with E-state index < -0.39 is 0 Å². The first-order chi connectivity index (χ1) is 7.41. The Labute approximate surface area is 96.6 Å². The van der Waals surface area contributed by atoms with E-state index >= 15 is 0 Å². The lowest BCUT2D eigenvalue weighted by atomic mass is 10.1. The molecule has 0 aromatic heterocycles. The van der Waals surface area contributed by atoms with Gasteiger partial charge in [-0.05, 0) is 12.8 Å². The summed E-state index contributed by atoms with van der Waals surface area (Å²) in [5.41, 5.74) is 0. The van der Waals surface area contributed by atoms with Gasteiger partial charge < -0.3 is 4.74 Å². The Hall–Kier alpha value is -0.0400. The third-order valence-electron chi connectivity index (χ3n) is 2.68. The molecule has 0 heterocycles. The molecule has 0 aromatic rings. The van der Waals surface area contributed by atoms with Crippen LogP contribution in [0.4, 0.5) is 0 Å². The van der Waals surface area contributed by atoms with Crippen molar-refractivity contribution in [1.29, 1.82) is 0 Å². The highest BCUT2D eigenvalue weighted by atomic mass is 16.5. The molecule has 0 N–H and O–H groups in total. The first-order valence-corrected chi connectivity index (χ1v) is 6.78. The van der Waals surface area contributed by atoms with E-state index in [1.807, 2.05) is 0 Å². The second-order valence-corrected chi connectivity index (χ2v) is 4.29. The highest BCUT2D eigenvalue weighted by molar-refractivity contribution is 4.45. The quantitative estimate of drug-likeness (QED) is 0.425. The SMILES string of the molecule is [CH2]CCCCOCCCCCCCCC. The van der Waals surface area contributed by atoms with E-state index in [0.717, 1.165) is 19.6 Å². The van der Waals surface area contributed by atoms with Crippen LogP contribution in [-0.2, 0) is 4.74 Å². The molecule has 15 heavy (non-hydrogen) atoms. The molecule has 0 aliphatic carbocycles. The van der Waals surface area contributed by atoms with Crippen molar-refractivity contribution in [3.05, 3.63) is 6.92 Å². The van der Waals surface area contributed by atoms with Crippen molar-refractivity contribution >= 4 is 0 Å². The third kappa shape index (κ3) is 14.0. The highest BCUT2D eigenvalue weighted by Gasteiger charge is 1.91. The van der Waals surface area contributed by atoms with Gasteiger partial charge in [-0.2, -0.15) is 0 Å². The molecular formula is C14H29O. The monoisotopic (exact) mass is 213 g/mol.